The summed E-state index contributed by atoms with van der Waals surface area (Å²) in [5.41, 5.74) is 0.790. The topological polar surface area (TPSA) is 83.5 Å². The number of amides is 1. The highest BCUT2D eigenvalue weighted by atomic mass is 35.5. The maximum absolute atomic E-state index is 14.0. The SMILES string of the molecule is COc1cc2c(F)nccc2cc1C(=O)NC(c1ccc(F)c(Cl)c1)C1CC(O)CN1. The van der Waals surface area contributed by atoms with Gasteiger partial charge in [0.05, 0.1) is 29.8 Å². The summed E-state index contributed by atoms with van der Waals surface area (Å²) in [4.78, 5) is 16.9. The van der Waals surface area contributed by atoms with Crippen molar-refractivity contribution in [1.29, 1.82) is 0 Å². The van der Waals surface area contributed by atoms with Crippen molar-refractivity contribution in [2.45, 2.75) is 24.6 Å². The molecular weight excluding hydrogens is 428 g/mol. The maximum Gasteiger partial charge on any atom is 0.255 e. The summed E-state index contributed by atoms with van der Waals surface area (Å²) < 4.78 is 33.0. The summed E-state index contributed by atoms with van der Waals surface area (Å²) in [5, 5.41) is 16.7. The van der Waals surface area contributed by atoms with Gasteiger partial charge in [0.2, 0.25) is 5.95 Å². The number of nitrogens with zero attached hydrogens (tertiary/aromatic N) is 1. The molecule has 162 valence electrons. The summed E-state index contributed by atoms with van der Waals surface area (Å²) in [7, 11) is 1.39. The minimum absolute atomic E-state index is 0.0680. The van der Waals surface area contributed by atoms with E-state index >= 15 is 0 Å². The van der Waals surface area contributed by atoms with Gasteiger partial charge in [-0.3, -0.25) is 4.79 Å². The predicted octanol–water partition coefficient (Wildman–Crippen LogP) is 3.37. The van der Waals surface area contributed by atoms with E-state index in [4.69, 9.17) is 16.3 Å². The minimum atomic E-state index is -0.661. The van der Waals surface area contributed by atoms with Crippen molar-refractivity contribution in [3.05, 3.63) is 70.5 Å². The lowest BCUT2D eigenvalue weighted by Gasteiger charge is -2.26. The van der Waals surface area contributed by atoms with Crippen LogP contribution in [0.15, 0.2) is 42.6 Å². The van der Waals surface area contributed by atoms with Gasteiger partial charge >= 0.3 is 0 Å². The van der Waals surface area contributed by atoms with Gasteiger partial charge in [-0.25, -0.2) is 9.37 Å². The monoisotopic (exact) mass is 447 g/mol. The Labute approximate surface area is 182 Å². The second-order valence-corrected chi connectivity index (χ2v) is 7.81. The number of aromatic nitrogens is 1. The van der Waals surface area contributed by atoms with Crippen molar-refractivity contribution in [3.63, 3.8) is 0 Å². The van der Waals surface area contributed by atoms with E-state index in [1.165, 1.54) is 43.6 Å². The molecule has 1 aliphatic heterocycles. The number of β-amino-alcohol motifs (C(OH)–C–C–N with tert-alkyl or cyclic N) is 1. The Morgan fingerprint density at radius 1 is 1.32 bits per heavy atom. The van der Waals surface area contributed by atoms with E-state index in [1.807, 2.05) is 0 Å². The first kappa shape index (κ1) is 21.4. The molecule has 0 spiro atoms. The average molecular weight is 448 g/mol. The minimum Gasteiger partial charge on any atom is -0.496 e. The number of halogens is 3. The van der Waals surface area contributed by atoms with Crippen LogP contribution >= 0.6 is 11.6 Å². The van der Waals surface area contributed by atoms with Crippen molar-refractivity contribution in [1.82, 2.24) is 15.6 Å². The number of carbonyl (C=O) groups is 1. The van der Waals surface area contributed by atoms with Crippen molar-refractivity contribution < 1.29 is 23.4 Å². The van der Waals surface area contributed by atoms with Crippen molar-refractivity contribution >= 4 is 28.3 Å². The normalized spacial score (nSPS) is 19.4. The van der Waals surface area contributed by atoms with E-state index < -0.39 is 29.8 Å². The quantitative estimate of drug-likeness (QED) is 0.522. The van der Waals surface area contributed by atoms with E-state index in [0.29, 0.717) is 23.9 Å². The molecule has 3 N–H and O–H groups in total. The Kier molecular flexibility index (Phi) is 6.04. The van der Waals surface area contributed by atoms with Crippen molar-refractivity contribution in [3.8, 4) is 5.75 Å². The molecule has 0 saturated carbocycles. The largest absolute Gasteiger partial charge is 0.496 e. The zero-order valence-corrected chi connectivity index (χ0v) is 17.3. The number of pyridine rings is 1. The van der Waals surface area contributed by atoms with E-state index in [9.17, 15) is 18.7 Å². The van der Waals surface area contributed by atoms with Gasteiger partial charge in [-0.15, -0.1) is 0 Å². The molecule has 4 rings (SSSR count). The highest BCUT2D eigenvalue weighted by Crippen LogP contribution is 2.30. The van der Waals surface area contributed by atoms with Crippen LogP contribution in [-0.4, -0.2) is 41.8 Å². The summed E-state index contributed by atoms with van der Waals surface area (Å²) in [6.45, 7) is 0.373. The van der Waals surface area contributed by atoms with Crippen LogP contribution in [0.5, 0.6) is 5.75 Å². The zero-order chi connectivity index (χ0) is 22.1. The summed E-state index contributed by atoms with van der Waals surface area (Å²) >= 11 is 5.96. The highest BCUT2D eigenvalue weighted by molar-refractivity contribution is 6.30. The van der Waals surface area contributed by atoms with Crippen molar-refractivity contribution in [2.75, 3.05) is 13.7 Å². The Morgan fingerprint density at radius 2 is 2.13 bits per heavy atom. The molecular formula is C22H20ClF2N3O3. The Hall–Kier alpha value is -2.81. The number of aliphatic hydroxyl groups is 1. The number of nitrogens with one attached hydrogen (secondary N) is 2. The van der Waals surface area contributed by atoms with Crippen LogP contribution < -0.4 is 15.4 Å². The number of methoxy groups -OCH3 is 1. The summed E-state index contributed by atoms with van der Waals surface area (Å²) in [6, 6.07) is 7.87. The third-order valence-electron chi connectivity index (χ3n) is 5.41. The second kappa shape index (κ2) is 8.74. The lowest BCUT2D eigenvalue weighted by atomic mass is 9.96. The molecule has 1 saturated heterocycles. The molecule has 3 aromatic rings. The van der Waals surface area contributed by atoms with Gasteiger partial charge in [0.25, 0.3) is 5.91 Å². The standard InChI is InChI=1S/C22H20ClF2N3O3/c1-31-19-9-14-11(4-5-26-21(14)25)6-15(19)22(30)28-20(18-8-13(29)10-27-18)12-2-3-17(24)16(23)7-12/h2-7,9,13,18,20,27,29H,8,10H2,1H3,(H,28,30). The number of hydrogen-bond acceptors (Lipinski definition) is 5. The molecule has 9 heteroatoms. The van der Waals surface area contributed by atoms with E-state index in [1.54, 1.807) is 6.07 Å². The first-order chi connectivity index (χ1) is 14.9. The number of hydrogen-bond donors (Lipinski definition) is 3. The second-order valence-electron chi connectivity index (χ2n) is 7.40. The average Bonchev–Trinajstić information content (AvgIpc) is 3.19. The van der Waals surface area contributed by atoms with Gasteiger partial charge in [-0.05, 0) is 47.7 Å². The lowest BCUT2D eigenvalue weighted by Crippen LogP contribution is -2.41. The molecule has 1 aromatic heterocycles. The van der Waals surface area contributed by atoms with Gasteiger partial charge in [-0.1, -0.05) is 17.7 Å². The predicted molar refractivity (Wildman–Crippen MR) is 112 cm³/mol. The van der Waals surface area contributed by atoms with Crippen LogP contribution in [0, 0.1) is 11.8 Å². The van der Waals surface area contributed by atoms with Crippen molar-refractivity contribution in [2.24, 2.45) is 0 Å². The number of rotatable bonds is 5. The summed E-state index contributed by atoms with van der Waals surface area (Å²) in [5.74, 6) is -1.51. The first-order valence-electron chi connectivity index (χ1n) is 9.67. The van der Waals surface area contributed by atoms with Crippen LogP contribution in [0.2, 0.25) is 5.02 Å². The molecule has 1 fully saturated rings. The van der Waals surface area contributed by atoms with Crippen LogP contribution in [0.1, 0.15) is 28.4 Å². The van der Waals surface area contributed by atoms with Gasteiger partial charge < -0.3 is 20.5 Å². The molecule has 2 aromatic carbocycles. The molecule has 31 heavy (non-hydrogen) atoms. The van der Waals surface area contributed by atoms with Gasteiger partial charge in [0.1, 0.15) is 11.6 Å². The molecule has 0 aliphatic carbocycles. The number of fused-ring (bicyclic) bond motifs is 1. The van der Waals surface area contributed by atoms with Crippen LogP contribution in [-0.2, 0) is 0 Å². The highest BCUT2D eigenvalue weighted by Gasteiger charge is 2.32. The molecule has 2 heterocycles. The number of ether oxygens (including phenoxy) is 1. The number of benzene rings is 2. The van der Waals surface area contributed by atoms with E-state index in [-0.39, 0.29) is 27.8 Å². The molecule has 6 nitrogen and oxygen atoms in total. The van der Waals surface area contributed by atoms with Gasteiger partial charge in [0, 0.05) is 24.2 Å². The fourth-order valence-electron chi connectivity index (χ4n) is 3.85. The third kappa shape index (κ3) is 4.32. The third-order valence-corrected chi connectivity index (χ3v) is 5.70. The Morgan fingerprint density at radius 3 is 2.81 bits per heavy atom. The molecule has 0 bridgehead atoms. The zero-order valence-electron chi connectivity index (χ0n) is 16.5. The Bertz CT molecular complexity index is 1140. The molecule has 1 amide bonds. The fourth-order valence-corrected chi connectivity index (χ4v) is 4.04. The molecule has 3 unspecified atom stereocenters. The number of aliphatic hydroxyl groups excluding tert-OH is 1. The van der Waals surface area contributed by atoms with Gasteiger partial charge in [-0.2, -0.15) is 4.39 Å². The smallest absolute Gasteiger partial charge is 0.255 e. The molecule has 1 aliphatic rings. The van der Waals surface area contributed by atoms with E-state index in [0.717, 1.165) is 0 Å². The molecule has 0 radical (unpaired) electrons. The first-order valence-corrected chi connectivity index (χ1v) is 10.0. The summed E-state index contributed by atoms with van der Waals surface area (Å²) in [6.07, 6.45) is 1.15. The molecule has 3 atom stereocenters. The maximum atomic E-state index is 14.0. The van der Waals surface area contributed by atoms with Gasteiger partial charge in [0.15, 0.2) is 0 Å². The van der Waals surface area contributed by atoms with Crippen LogP contribution in [0.25, 0.3) is 10.8 Å². The lowest BCUT2D eigenvalue weighted by molar-refractivity contribution is 0.0923. The van der Waals surface area contributed by atoms with Crippen LogP contribution in [0.4, 0.5) is 8.78 Å². The van der Waals surface area contributed by atoms with E-state index in [2.05, 4.69) is 15.6 Å². The van der Waals surface area contributed by atoms with Crippen LogP contribution in [0.3, 0.4) is 0 Å². The Balaban J connectivity index is 1.71. The fraction of sp³-hybridized carbons (Fsp3) is 0.273. The number of carbonyl (C=O) groups excluding carboxylic acids is 1.